The van der Waals surface area contributed by atoms with Crippen molar-refractivity contribution in [3.63, 3.8) is 0 Å². The molecule has 0 aliphatic heterocycles. The molecule has 3 aromatic rings. The van der Waals surface area contributed by atoms with Gasteiger partial charge in [-0.25, -0.2) is 4.79 Å². The number of nitrogens with zero attached hydrogens (tertiary/aromatic N) is 2. The number of carbonyl (C=O) groups excluding carboxylic acids is 1. The summed E-state index contributed by atoms with van der Waals surface area (Å²) < 4.78 is 6.17. The number of hydrogen-bond acceptors (Lipinski definition) is 4. The van der Waals surface area contributed by atoms with Gasteiger partial charge in [-0.3, -0.25) is 9.36 Å². The predicted octanol–water partition coefficient (Wildman–Crippen LogP) is 3.25. The molecular weight excluding hydrogens is 342 g/mol. The first-order valence-corrected chi connectivity index (χ1v) is 8.50. The molecule has 6 nitrogen and oxygen atoms in total. The first kappa shape index (κ1) is 18.2. The Morgan fingerprint density at radius 2 is 1.63 bits per heavy atom. The van der Waals surface area contributed by atoms with Crippen molar-refractivity contribution in [2.45, 2.75) is 19.9 Å². The molecular formula is C21H19N3O3. The van der Waals surface area contributed by atoms with Gasteiger partial charge in [-0.1, -0.05) is 36.4 Å². The van der Waals surface area contributed by atoms with E-state index in [1.54, 1.807) is 16.7 Å². The number of ether oxygens (including phenoxy) is 1. The molecule has 6 heteroatoms. The Bertz CT molecular complexity index is 1050. The lowest BCUT2D eigenvalue weighted by Gasteiger charge is -2.06. The van der Waals surface area contributed by atoms with Gasteiger partial charge in [-0.15, -0.1) is 0 Å². The van der Waals surface area contributed by atoms with Crippen LogP contribution in [0.4, 0.5) is 0 Å². The molecule has 2 aromatic carbocycles. The molecule has 136 valence electrons. The fourth-order valence-electron chi connectivity index (χ4n) is 2.97. The molecule has 0 spiro atoms. The van der Waals surface area contributed by atoms with Crippen molar-refractivity contribution >= 4 is 5.97 Å². The third-order valence-corrected chi connectivity index (χ3v) is 4.53. The quantitative estimate of drug-likeness (QED) is 0.707. The molecule has 0 aliphatic carbocycles. The highest BCUT2D eigenvalue weighted by atomic mass is 16.5. The first-order valence-electron chi connectivity index (χ1n) is 8.50. The van der Waals surface area contributed by atoms with Crippen LogP contribution in [0.1, 0.15) is 17.7 Å². The van der Waals surface area contributed by atoms with Crippen LogP contribution < -0.4 is 5.69 Å². The summed E-state index contributed by atoms with van der Waals surface area (Å²) in [4.78, 5) is 26.4. The van der Waals surface area contributed by atoms with Crippen LogP contribution in [0.15, 0.2) is 53.3 Å². The van der Waals surface area contributed by atoms with E-state index in [9.17, 15) is 9.59 Å². The van der Waals surface area contributed by atoms with Crippen LogP contribution in [0.3, 0.4) is 0 Å². The molecule has 3 rings (SSSR count). The molecule has 0 aliphatic rings. The van der Waals surface area contributed by atoms with E-state index < -0.39 is 0 Å². The van der Waals surface area contributed by atoms with E-state index in [1.165, 1.54) is 7.11 Å². The van der Waals surface area contributed by atoms with E-state index in [0.29, 0.717) is 5.56 Å². The maximum Gasteiger partial charge on any atom is 0.326 e. The van der Waals surface area contributed by atoms with Crippen molar-refractivity contribution in [2.24, 2.45) is 0 Å². The van der Waals surface area contributed by atoms with Gasteiger partial charge in [-0.05, 0) is 35.7 Å². The molecule has 1 heterocycles. The Morgan fingerprint density at radius 3 is 2.19 bits per heavy atom. The summed E-state index contributed by atoms with van der Waals surface area (Å²) in [5.41, 5.74) is 4.80. The van der Waals surface area contributed by atoms with Crippen LogP contribution in [0.25, 0.3) is 22.4 Å². The Morgan fingerprint density at radius 1 is 1.07 bits per heavy atom. The molecule has 0 saturated heterocycles. The van der Waals surface area contributed by atoms with Gasteiger partial charge in [0, 0.05) is 12.2 Å². The molecule has 0 unspecified atom stereocenters. The van der Waals surface area contributed by atoms with Gasteiger partial charge in [0.25, 0.3) is 0 Å². The number of benzene rings is 2. The summed E-state index contributed by atoms with van der Waals surface area (Å²) in [6.07, 6.45) is 0.145. The second-order valence-corrected chi connectivity index (χ2v) is 6.13. The first-order chi connectivity index (χ1) is 13.0. The summed E-state index contributed by atoms with van der Waals surface area (Å²) in [5.74, 6) is -0.351. The number of nitriles is 1. The third-order valence-electron chi connectivity index (χ3n) is 4.53. The molecule has 0 amide bonds. The fourth-order valence-corrected chi connectivity index (χ4v) is 2.97. The summed E-state index contributed by atoms with van der Waals surface area (Å²) in [6.45, 7) is 2.12. The molecule has 0 saturated carbocycles. The lowest BCUT2D eigenvalue weighted by Crippen LogP contribution is -2.20. The zero-order valence-corrected chi connectivity index (χ0v) is 15.2. The van der Waals surface area contributed by atoms with Crippen LogP contribution in [-0.2, 0) is 16.1 Å². The van der Waals surface area contributed by atoms with Gasteiger partial charge in [0.1, 0.15) is 0 Å². The van der Waals surface area contributed by atoms with Crippen LogP contribution in [-0.4, -0.2) is 22.6 Å². The molecule has 0 radical (unpaired) electrons. The standard InChI is InChI=1S/C21H19N3O3/c1-14-20(23-21(26)24(14)12-11-19(25)27-2)18-9-7-17(8-10-18)16-5-3-15(13-22)4-6-16/h3-10H,11-12H2,1-2H3,(H,23,26). The van der Waals surface area contributed by atoms with E-state index in [2.05, 4.69) is 15.8 Å². The number of aromatic amines is 1. The highest BCUT2D eigenvalue weighted by Crippen LogP contribution is 2.25. The predicted molar refractivity (Wildman–Crippen MR) is 102 cm³/mol. The SMILES string of the molecule is COC(=O)CCn1c(C)c(-c2ccc(-c3ccc(C#N)cc3)cc2)[nH]c1=O. The van der Waals surface area contributed by atoms with Gasteiger partial charge in [0.2, 0.25) is 0 Å². The number of esters is 1. The van der Waals surface area contributed by atoms with Crippen LogP contribution in [0, 0.1) is 18.3 Å². The normalized spacial score (nSPS) is 10.4. The van der Waals surface area contributed by atoms with E-state index in [-0.39, 0.29) is 24.6 Å². The summed E-state index contributed by atoms with van der Waals surface area (Å²) in [6, 6.07) is 17.3. The molecule has 0 atom stereocenters. The van der Waals surface area contributed by atoms with E-state index >= 15 is 0 Å². The maximum absolute atomic E-state index is 12.2. The number of H-pyrrole nitrogens is 1. The largest absolute Gasteiger partial charge is 0.469 e. The van der Waals surface area contributed by atoms with Crippen LogP contribution in [0.5, 0.6) is 0 Å². The van der Waals surface area contributed by atoms with E-state index in [4.69, 9.17) is 5.26 Å². The van der Waals surface area contributed by atoms with Crippen molar-refractivity contribution in [1.82, 2.24) is 9.55 Å². The van der Waals surface area contributed by atoms with Gasteiger partial charge >= 0.3 is 11.7 Å². The molecule has 0 fully saturated rings. The molecule has 0 bridgehead atoms. The van der Waals surface area contributed by atoms with Crippen LogP contribution in [0.2, 0.25) is 0 Å². The minimum Gasteiger partial charge on any atom is -0.469 e. The summed E-state index contributed by atoms with van der Waals surface area (Å²) in [5, 5.41) is 8.89. The summed E-state index contributed by atoms with van der Waals surface area (Å²) >= 11 is 0. The lowest BCUT2D eigenvalue weighted by molar-refractivity contribution is -0.140. The number of rotatable bonds is 5. The van der Waals surface area contributed by atoms with Gasteiger partial charge in [-0.2, -0.15) is 5.26 Å². The second-order valence-electron chi connectivity index (χ2n) is 6.13. The Kier molecular flexibility index (Phi) is 5.23. The highest BCUT2D eigenvalue weighted by molar-refractivity contribution is 5.70. The summed E-state index contributed by atoms with van der Waals surface area (Å²) in [7, 11) is 1.33. The van der Waals surface area contributed by atoms with Crippen molar-refractivity contribution in [3.05, 3.63) is 70.3 Å². The topological polar surface area (TPSA) is 87.9 Å². The van der Waals surface area contributed by atoms with Gasteiger partial charge in [0.15, 0.2) is 0 Å². The van der Waals surface area contributed by atoms with Crippen molar-refractivity contribution in [2.75, 3.05) is 7.11 Å². The monoisotopic (exact) mass is 361 g/mol. The van der Waals surface area contributed by atoms with Gasteiger partial charge < -0.3 is 9.72 Å². The number of aromatic nitrogens is 2. The third kappa shape index (κ3) is 3.82. The smallest absolute Gasteiger partial charge is 0.326 e. The number of carbonyl (C=O) groups is 1. The Balaban J connectivity index is 1.86. The second kappa shape index (κ2) is 7.75. The molecule has 27 heavy (non-hydrogen) atoms. The van der Waals surface area contributed by atoms with E-state index in [1.807, 2.05) is 43.3 Å². The van der Waals surface area contributed by atoms with Crippen molar-refractivity contribution in [3.8, 4) is 28.5 Å². The average Bonchev–Trinajstić information content (AvgIpc) is 3.00. The Labute approximate surface area is 156 Å². The average molecular weight is 361 g/mol. The zero-order chi connectivity index (χ0) is 19.4. The number of methoxy groups -OCH3 is 1. The highest BCUT2D eigenvalue weighted by Gasteiger charge is 2.13. The minimum absolute atomic E-state index is 0.145. The number of imidazole rings is 1. The Hall–Kier alpha value is -3.59. The fraction of sp³-hybridized carbons (Fsp3) is 0.190. The molecule has 1 N–H and O–H groups in total. The number of nitrogens with one attached hydrogen (secondary N) is 1. The number of hydrogen-bond donors (Lipinski definition) is 1. The van der Waals surface area contributed by atoms with Gasteiger partial charge in [0.05, 0.1) is 30.9 Å². The van der Waals surface area contributed by atoms with Crippen LogP contribution >= 0.6 is 0 Å². The zero-order valence-electron chi connectivity index (χ0n) is 15.2. The maximum atomic E-state index is 12.2. The van der Waals surface area contributed by atoms with Crippen molar-refractivity contribution in [1.29, 1.82) is 5.26 Å². The van der Waals surface area contributed by atoms with E-state index in [0.717, 1.165) is 28.1 Å². The molecule has 1 aromatic heterocycles. The minimum atomic E-state index is -0.351. The lowest BCUT2D eigenvalue weighted by atomic mass is 10.0. The van der Waals surface area contributed by atoms with Crippen molar-refractivity contribution < 1.29 is 9.53 Å².